The van der Waals surface area contributed by atoms with Crippen molar-refractivity contribution in [2.24, 2.45) is 0 Å². The van der Waals surface area contributed by atoms with Gasteiger partial charge in [-0.1, -0.05) is 29.7 Å². The standard InChI is InChI=1S/C21H20ClNO3S/c1-5-11-20(2,3)23-19(24)21(25,27-4)15-7-6-8-17-18(15)14-12-13(22)9-10-16(14)26-17/h6-10,12,25H,1-4H3,(H,23,24). The fraction of sp³-hybridized carbons (Fsp3) is 0.286. The zero-order valence-electron chi connectivity index (χ0n) is 15.5. The number of carbonyl (C=O) groups excluding carboxylic acids is 1. The molecule has 140 valence electrons. The highest BCUT2D eigenvalue weighted by Crippen LogP contribution is 2.41. The number of fused-ring (bicyclic) bond motifs is 3. The number of thioether (sulfide) groups is 1. The van der Waals surface area contributed by atoms with Gasteiger partial charge in [-0.25, -0.2) is 0 Å². The second-order valence-corrected chi connectivity index (χ2v) is 8.16. The maximum Gasteiger partial charge on any atom is 0.268 e. The van der Waals surface area contributed by atoms with Gasteiger partial charge >= 0.3 is 0 Å². The summed E-state index contributed by atoms with van der Waals surface area (Å²) in [6.07, 6.45) is 1.69. The van der Waals surface area contributed by atoms with E-state index in [0.29, 0.717) is 27.1 Å². The SMILES string of the molecule is CC#CC(C)(C)NC(=O)C(O)(SC)c1cccc2oc3ccc(Cl)cc3c12. The van der Waals surface area contributed by atoms with Crippen LogP contribution in [0.1, 0.15) is 26.3 Å². The van der Waals surface area contributed by atoms with E-state index in [1.165, 1.54) is 0 Å². The Morgan fingerprint density at radius 2 is 2.00 bits per heavy atom. The summed E-state index contributed by atoms with van der Waals surface area (Å²) in [5, 5.41) is 16.2. The van der Waals surface area contributed by atoms with E-state index in [1.807, 2.05) is 0 Å². The van der Waals surface area contributed by atoms with Crippen molar-refractivity contribution in [1.82, 2.24) is 5.32 Å². The molecule has 0 aliphatic heterocycles. The van der Waals surface area contributed by atoms with Crippen molar-refractivity contribution in [3.05, 3.63) is 47.0 Å². The van der Waals surface area contributed by atoms with Crippen LogP contribution in [-0.4, -0.2) is 22.8 Å². The zero-order valence-corrected chi connectivity index (χ0v) is 17.1. The summed E-state index contributed by atoms with van der Waals surface area (Å²) < 4.78 is 5.87. The summed E-state index contributed by atoms with van der Waals surface area (Å²) in [7, 11) is 0. The van der Waals surface area contributed by atoms with Gasteiger partial charge in [0.1, 0.15) is 11.2 Å². The molecule has 0 bridgehead atoms. The third kappa shape index (κ3) is 3.53. The lowest BCUT2D eigenvalue weighted by molar-refractivity contribution is -0.133. The molecule has 0 aliphatic rings. The summed E-state index contributed by atoms with van der Waals surface area (Å²) in [6, 6.07) is 10.6. The molecule has 3 rings (SSSR count). The quantitative estimate of drug-likeness (QED) is 0.492. The lowest BCUT2D eigenvalue weighted by Gasteiger charge is -2.30. The minimum absolute atomic E-state index is 0.450. The van der Waals surface area contributed by atoms with Gasteiger partial charge in [-0.05, 0) is 51.3 Å². The lowest BCUT2D eigenvalue weighted by Crippen LogP contribution is -2.50. The smallest absolute Gasteiger partial charge is 0.268 e. The Hall–Kier alpha value is -2.13. The predicted molar refractivity (Wildman–Crippen MR) is 112 cm³/mol. The van der Waals surface area contributed by atoms with Crippen molar-refractivity contribution in [2.75, 3.05) is 6.26 Å². The van der Waals surface area contributed by atoms with Crippen LogP contribution < -0.4 is 5.32 Å². The molecule has 0 fully saturated rings. The van der Waals surface area contributed by atoms with Crippen molar-refractivity contribution >= 4 is 51.2 Å². The molecule has 2 N–H and O–H groups in total. The van der Waals surface area contributed by atoms with Gasteiger partial charge < -0.3 is 14.8 Å². The Labute approximate surface area is 167 Å². The van der Waals surface area contributed by atoms with E-state index in [0.717, 1.165) is 17.1 Å². The number of rotatable bonds is 4. The zero-order chi connectivity index (χ0) is 19.8. The molecule has 2 aromatic carbocycles. The van der Waals surface area contributed by atoms with E-state index >= 15 is 0 Å². The topological polar surface area (TPSA) is 62.5 Å². The van der Waals surface area contributed by atoms with Crippen LogP contribution in [0.3, 0.4) is 0 Å². The summed E-state index contributed by atoms with van der Waals surface area (Å²) >= 11 is 7.20. The Balaban J connectivity index is 2.21. The van der Waals surface area contributed by atoms with Crippen LogP contribution in [0.4, 0.5) is 0 Å². The normalized spacial score (nSPS) is 13.9. The van der Waals surface area contributed by atoms with Crippen molar-refractivity contribution in [1.29, 1.82) is 0 Å². The van der Waals surface area contributed by atoms with E-state index in [4.69, 9.17) is 16.0 Å². The molecule has 1 atom stereocenters. The van der Waals surface area contributed by atoms with E-state index < -0.39 is 16.4 Å². The average molecular weight is 402 g/mol. The maximum atomic E-state index is 13.0. The Morgan fingerprint density at radius 1 is 1.26 bits per heavy atom. The van der Waals surface area contributed by atoms with Gasteiger partial charge in [0.05, 0.1) is 5.54 Å². The minimum Gasteiger partial charge on any atom is -0.456 e. The molecule has 0 saturated carbocycles. The summed E-state index contributed by atoms with van der Waals surface area (Å²) in [5.74, 6) is 5.19. The van der Waals surface area contributed by atoms with E-state index in [9.17, 15) is 9.90 Å². The maximum absolute atomic E-state index is 13.0. The number of carbonyl (C=O) groups is 1. The third-order valence-electron chi connectivity index (χ3n) is 4.29. The van der Waals surface area contributed by atoms with Crippen LogP contribution in [0.5, 0.6) is 0 Å². The Kier molecular flexibility index (Phi) is 5.18. The molecule has 1 aromatic heterocycles. The van der Waals surface area contributed by atoms with Gasteiger partial charge in [0, 0.05) is 21.4 Å². The highest BCUT2D eigenvalue weighted by atomic mass is 35.5. The second kappa shape index (κ2) is 7.12. The average Bonchev–Trinajstić information content (AvgIpc) is 2.98. The van der Waals surface area contributed by atoms with Crippen LogP contribution in [-0.2, 0) is 9.73 Å². The molecule has 1 heterocycles. The first-order valence-electron chi connectivity index (χ1n) is 8.37. The van der Waals surface area contributed by atoms with Crippen molar-refractivity contribution < 1.29 is 14.3 Å². The number of nitrogens with one attached hydrogen (secondary N) is 1. The first kappa shape index (κ1) is 19.6. The first-order valence-corrected chi connectivity index (χ1v) is 9.97. The number of furan rings is 1. The summed E-state index contributed by atoms with van der Waals surface area (Å²) in [5.41, 5.74) is 0.900. The van der Waals surface area contributed by atoms with Gasteiger partial charge in [-0.2, -0.15) is 0 Å². The van der Waals surface area contributed by atoms with Crippen LogP contribution in [0.25, 0.3) is 21.9 Å². The molecule has 0 radical (unpaired) electrons. The first-order chi connectivity index (χ1) is 12.7. The third-order valence-corrected chi connectivity index (χ3v) is 5.52. The monoisotopic (exact) mass is 401 g/mol. The van der Waals surface area contributed by atoms with E-state index in [1.54, 1.807) is 63.4 Å². The number of halogens is 1. The fourth-order valence-corrected chi connectivity index (χ4v) is 3.92. The minimum atomic E-state index is -1.81. The van der Waals surface area contributed by atoms with Gasteiger partial charge in [0.25, 0.3) is 5.91 Å². The number of benzene rings is 2. The van der Waals surface area contributed by atoms with Crippen LogP contribution in [0.2, 0.25) is 5.02 Å². The largest absolute Gasteiger partial charge is 0.456 e. The van der Waals surface area contributed by atoms with Crippen molar-refractivity contribution in [3.63, 3.8) is 0 Å². The molecular weight excluding hydrogens is 382 g/mol. The molecule has 3 aromatic rings. The molecule has 4 nitrogen and oxygen atoms in total. The molecular formula is C21H20ClNO3S. The number of hydrogen-bond donors (Lipinski definition) is 2. The number of amides is 1. The van der Waals surface area contributed by atoms with Gasteiger partial charge in [0.15, 0.2) is 0 Å². The van der Waals surface area contributed by atoms with Crippen LogP contribution in [0, 0.1) is 11.8 Å². The highest BCUT2D eigenvalue weighted by molar-refractivity contribution is 8.00. The number of hydrogen-bond acceptors (Lipinski definition) is 4. The molecule has 0 saturated heterocycles. The summed E-state index contributed by atoms with van der Waals surface area (Å²) in [6.45, 7) is 5.28. The number of aliphatic hydroxyl groups is 1. The summed E-state index contributed by atoms with van der Waals surface area (Å²) in [4.78, 5) is 11.2. The molecule has 0 spiro atoms. The van der Waals surface area contributed by atoms with Gasteiger partial charge in [-0.15, -0.1) is 17.7 Å². The van der Waals surface area contributed by atoms with E-state index in [-0.39, 0.29) is 0 Å². The molecule has 6 heteroatoms. The van der Waals surface area contributed by atoms with Gasteiger partial charge in [0.2, 0.25) is 4.93 Å². The van der Waals surface area contributed by atoms with Crippen LogP contribution >= 0.6 is 23.4 Å². The molecule has 27 heavy (non-hydrogen) atoms. The van der Waals surface area contributed by atoms with Crippen LogP contribution in [0.15, 0.2) is 40.8 Å². The van der Waals surface area contributed by atoms with Gasteiger partial charge in [-0.3, -0.25) is 4.79 Å². The van der Waals surface area contributed by atoms with Crippen molar-refractivity contribution in [2.45, 2.75) is 31.2 Å². The second-order valence-electron chi connectivity index (χ2n) is 6.72. The molecule has 0 aliphatic carbocycles. The highest BCUT2D eigenvalue weighted by Gasteiger charge is 2.41. The molecule has 1 amide bonds. The Morgan fingerprint density at radius 3 is 2.67 bits per heavy atom. The predicted octanol–water partition coefficient (Wildman–Crippen LogP) is 4.67. The van der Waals surface area contributed by atoms with E-state index in [2.05, 4.69) is 17.2 Å². The fourth-order valence-electron chi connectivity index (χ4n) is 3.12. The lowest BCUT2D eigenvalue weighted by atomic mass is 9.99. The molecule has 1 unspecified atom stereocenters. The van der Waals surface area contributed by atoms with Crippen molar-refractivity contribution in [3.8, 4) is 11.8 Å². The Bertz CT molecular complexity index is 1090.